The third kappa shape index (κ3) is 3.52. The minimum absolute atomic E-state index is 0.174. The van der Waals surface area contributed by atoms with Crippen molar-refractivity contribution in [3.63, 3.8) is 0 Å². The van der Waals surface area contributed by atoms with Gasteiger partial charge in [-0.05, 0) is 37.1 Å². The second kappa shape index (κ2) is 7.28. The van der Waals surface area contributed by atoms with Crippen LogP contribution in [0, 0.1) is 0 Å². The Bertz CT molecular complexity index is 612. The van der Waals surface area contributed by atoms with E-state index in [1.807, 2.05) is 22.4 Å². The molecular formula is C15H19N3O2S2. The molecule has 2 aromatic rings. The number of carbonyl (C=O) groups excluding carboxylic acids is 1. The Morgan fingerprint density at radius 1 is 1.50 bits per heavy atom. The number of nitrogens with zero attached hydrogens (tertiary/aromatic N) is 3. The van der Waals surface area contributed by atoms with Crippen molar-refractivity contribution in [3.05, 3.63) is 17.5 Å². The molecule has 0 spiro atoms. The van der Waals surface area contributed by atoms with E-state index in [1.165, 1.54) is 18.2 Å². The Kier molecular flexibility index (Phi) is 5.15. The van der Waals surface area contributed by atoms with Crippen LogP contribution in [0.15, 0.2) is 27.2 Å². The lowest BCUT2D eigenvalue weighted by molar-refractivity contribution is -0.132. The first-order valence-corrected chi connectivity index (χ1v) is 9.44. The predicted octanol–water partition coefficient (Wildman–Crippen LogP) is 3.68. The Morgan fingerprint density at radius 3 is 3.18 bits per heavy atom. The number of amides is 1. The fourth-order valence-electron chi connectivity index (χ4n) is 2.73. The first-order chi connectivity index (χ1) is 10.8. The van der Waals surface area contributed by atoms with Crippen LogP contribution in [-0.2, 0) is 4.79 Å². The summed E-state index contributed by atoms with van der Waals surface area (Å²) >= 11 is 2.89. The molecule has 0 N–H and O–H groups in total. The number of aromatic nitrogens is 2. The smallest absolute Gasteiger partial charge is 0.277 e. The van der Waals surface area contributed by atoms with Gasteiger partial charge in [0.05, 0.1) is 10.6 Å². The highest BCUT2D eigenvalue weighted by Crippen LogP contribution is 2.27. The van der Waals surface area contributed by atoms with Crippen molar-refractivity contribution in [2.45, 2.75) is 43.9 Å². The molecule has 1 atom stereocenters. The van der Waals surface area contributed by atoms with Gasteiger partial charge >= 0.3 is 0 Å². The molecule has 5 nitrogen and oxygen atoms in total. The van der Waals surface area contributed by atoms with Crippen LogP contribution in [0.3, 0.4) is 0 Å². The van der Waals surface area contributed by atoms with Crippen molar-refractivity contribution >= 4 is 29.0 Å². The number of hydrogen-bond donors (Lipinski definition) is 0. The van der Waals surface area contributed by atoms with E-state index in [1.54, 1.807) is 11.3 Å². The van der Waals surface area contributed by atoms with E-state index in [0.29, 0.717) is 22.9 Å². The molecule has 0 saturated carbocycles. The number of carbonyl (C=O) groups is 1. The van der Waals surface area contributed by atoms with Crippen LogP contribution in [-0.4, -0.2) is 39.3 Å². The number of hydrogen-bond acceptors (Lipinski definition) is 6. The first-order valence-electron chi connectivity index (χ1n) is 7.57. The summed E-state index contributed by atoms with van der Waals surface area (Å²) in [7, 11) is 0. The zero-order chi connectivity index (χ0) is 15.4. The Morgan fingerprint density at radius 2 is 2.41 bits per heavy atom. The summed E-state index contributed by atoms with van der Waals surface area (Å²) in [5.41, 5.74) is 0. The van der Waals surface area contributed by atoms with E-state index in [0.717, 1.165) is 30.7 Å². The van der Waals surface area contributed by atoms with Crippen LogP contribution in [0.2, 0.25) is 0 Å². The molecule has 118 valence electrons. The first kappa shape index (κ1) is 15.6. The van der Waals surface area contributed by atoms with E-state index < -0.39 is 0 Å². The largest absolute Gasteiger partial charge is 0.410 e. The molecule has 3 heterocycles. The van der Waals surface area contributed by atoms with Gasteiger partial charge in [-0.3, -0.25) is 4.79 Å². The van der Waals surface area contributed by atoms with Gasteiger partial charge < -0.3 is 9.32 Å². The summed E-state index contributed by atoms with van der Waals surface area (Å²) in [6.07, 6.45) is 4.48. The van der Waals surface area contributed by atoms with Gasteiger partial charge in [-0.15, -0.1) is 21.5 Å². The van der Waals surface area contributed by atoms with Gasteiger partial charge in [0, 0.05) is 12.6 Å². The third-order valence-corrected chi connectivity index (χ3v) is 5.54. The molecule has 0 unspecified atom stereocenters. The summed E-state index contributed by atoms with van der Waals surface area (Å²) in [4.78, 5) is 15.4. The van der Waals surface area contributed by atoms with E-state index in [2.05, 4.69) is 17.1 Å². The van der Waals surface area contributed by atoms with Crippen LogP contribution in [0.25, 0.3) is 10.8 Å². The molecule has 22 heavy (non-hydrogen) atoms. The fraction of sp³-hybridized carbons (Fsp3) is 0.533. The van der Waals surface area contributed by atoms with Gasteiger partial charge in [-0.1, -0.05) is 24.8 Å². The summed E-state index contributed by atoms with van der Waals surface area (Å²) in [6.45, 7) is 3.02. The average molecular weight is 337 g/mol. The van der Waals surface area contributed by atoms with Crippen molar-refractivity contribution in [2.75, 3.05) is 12.3 Å². The lowest BCUT2D eigenvalue weighted by atomic mass is 10.0. The minimum atomic E-state index is 0.174. The Balaban J connectivity index is 1.57. The summed E-state index contributed by atoms with van der Waals surface area (Å²) < 4.78 is 5.60. The van der Waals surface area contributed by atoms with E-state index in [-0.39, 0.29) is 5.91 Å². The maximum Gasteiger partial charge on any atom is 0.277 e. The topological polar surface area (TPSA) is 59.2 Å². The van der Waals surface area contributed by atoms with Crippen molar-refractivity contribution in [1.29, 1.82) is 0 Å². The number of piperidine rings is 1. The molecule has 1 amide bonds. The maximum atomic E-state index is 12.4. The highest BCUT2D eigenvalue weighted by atomic mass is 32.2. The van der Waals surface area contributed by atoms with Gasteiger partial charge in [0.25, 0.3) is 11.1 Å². The van der Waals surface area contributed by atoms with Crippen LogP contribution >= 0.6 is 23.1 Å². The molecule has 3 rings (SSSR count). The van der Waals surface area contributed by atoms with Crippen molar-refractivity contribution in [2.24, 2.45) is 0 Å². The predicted molar refractivity (Wildman–Crippen MR) is 88.0 cm³/mol. The highest BCUT2D eigenvalue weighted by Gasteiger charge is 2.25. The number of likely N-dealkylation sites (tertiary alicyclic amines) is 1. The van der Waals surface area contributed by atoms with E-state index >= 15 is 0 Å². The standard InChI is InChI=1S/C15H19N3O2S2/c1-2-11-6-3-4-8-18(11)13(19)10-22-15-17-16-14(20-15)12-7-5-9-21-12/h5,7,9,11H,2-4,6,8,10H2,1H3/t11-/m0/s1. The minimum Gasteiger partial charge on any atom is -0.410 e. The Hall–Kier alpha value is -1.34. The lowest BCUT2D eigenvalue weighted by Crippen LogP contribution is -2.44. The monoisotopic (exact) mass is 337 g/mol. The molecule has 1 fully saturated rings. The van der Waals surface area contributed by atoms with E-state index in [9.17, 15) is 4.79 Å². The van der Waals surface area contributed by atoms with Crippen LogP contribution in [0.5, 0.6) is 0 Å². The molecule has 0 radical (unpaired) electrons. The third-order valence-electron chi connectivity index (χ3n) is 3.88. The van der Waals surface area contributed by atoms with Gasteiger partial charge in [0.15, 0.2) is 0 Å². The van der Waals surface area contributed by atoms with Crippen molar-refractivity contribution in [1.82, 2.24) is 15.1 Å². The molecule has 1 aliphatic rings. The molecule has 1 saturated heterocycles. The van der Waals surface area contributed by atoms with Crippen LogP contribution in [0.4, 0.5) is 0 Å². The molecule has 0 bridgehead atoms. The molecule has 0 aliphatic carbocycles. The SMILES string of the molecule is CC[C@H]1CCCCN1C(=O)CSc1nnc(-c2cccs2)o1. The zero-order valence-corrected chi connectivity index (χ0v) is 14.2. The van der Waals surface area contributed by atoms with Gasteiger partial charge in [0.1, 0.15) is 0 Å². The van der Waals surface area contributed by atoms with Crippen LogP contribution < -0.4 is 0 Å². The number of thioether (sulfide) groups is 1. The Labute approximate surface area is 138 Å². The second-order valence-electron chi connectivity index (χ2n) is 5.28. The number of rotatable bonds is 5. The second-order valence-corrected chi connectivity index (χ2v) is 7.16. The quantitative estimate of drug-likeness (QED) is 0.779. The molecular weight excluding hydrogens is 318 g/mol. The average Bonchev–Trinajstić information content (AvgIpc) is 3.23. The summed E-state index contributed by atoms with van der Waals surface area (Å²) in [5, 5.41) is 10.5. The lowest BCUT2D eigenvalue weighted by Gasteiger charge is -2.35. The normalized spacial score (nSPS) is 18.6. The molecule has 0 aromatic carbocycles. The van der Waals surface area contributed by atoms with Crippen molar-refractivity contribution in [3.8, 4) is 10.8 Å². The van der Waals surface area contributed by atoms with Gasteiger partial charge in [-0.25, -0.2) is 0 Å². The number of thiophene rings is 1. The van der Waals surface area contributed by atoms with Gasteiger partial charge in [0.2, 0.25) is 5.91 Å². The van der Waals surface area contributed by atoms with Crippen LogP contribution in [0.1, 0.15) is 32.6 Å². The summed E-state index contributed by atoms with van der Waals surface area (Å²) in [5.74, 6) is 1.06. The zero-order valence-electron chi connectivity index (χ0n) is 12.5. The highest BCUT2D eigenvalue weighted by molar-refractivity contribution is 7.99. The molecule has 2 aromatic heterocycles. The summed E-state index contributed by atoms with van der Waals surface area (Å²) in [6, 6.07) is 4.28. The fourth-order valence-corrected chi connectivity index (χ4v) is 4.02. The molecule has 1 aliphatic heterocycles. The van der Waals surface area contributed by atoms with Gasteiger partial charge in [-0.2, -0.15) is 0 Å². The van der Waals surface area contributed by atoms with Crippen molar-refractivity contribution < 1.29 is 9.21 Å². The van der Waals surface area contributed by atoms with E-state index in [4.69, 9.17) is 4.42 Å². The molecule has 7 heteroatoms. The maximum absolute atomic E-state index is 12.4.